The minimum atomic E-state index is -0.716. The quantitative estimate of drug-likeness (QED) is 0.131. The van der Waals surface area contributed by atoms with Crippen molar-refractivity contribution in [1.29, 1.82) is 0 Å². The van der Waals surface area contributed by atoms with Gasteiger partial charge in [-0.15, -0.1) is 0 Å². The Morgan fingerprint density at radius 2 is 1.76 bits per heavy atom. The van der Waals surface area contributed by atoms with E-state index in [9.17, 15) is 28.8 Å². The Hall–Kier alpha value is -6.10. The highest BCUT2D eigenvalue weighted by molar-refractivity contribution is 6.07. The number of ether oxygens (including phenoxy) is 1. The van der Waals surface area contributed by atoms with Gasteiger partial charge in [-0.2, -0.15) is 4.98 Å². The van der Waals surface area contributed by atoms with Gasteiger partial charge in [0.2, 0.25) is 29.6 Å². The molecule has 2 aromatic carbocycles. The number of methoxy groups -OCH3 is 1. The minimum absolute atomic E-state index is 0.0300. The lowest BCUT2D eigenvalue weighted by Crippen LogP contribution is -2.55. The van der Waals surface area contributed by atoms with Gasteiger partial charge < -0.3 is 40.3 Å². The van der Waals surface area contributed by atoms with Gasteiger partial charge in [0.05, 0.1) is 19.0 Å². The standard InChI is InChI=1S/C45H56N10O7/c1-4-34-44(61)52(2)36-25-46-45(51-40(36)55(34)29-10-5-6-11-29)49-33-16-15-27(24-37(33)62-3)41(58)47-28-19-22-53(23-20-28)21-8-7-14-38(56)48-32-13-9-12-30-31(32)26-54(43(30)60)35-17-18-39(57)50-42(35)59/h9,12-13,15-16,24-25,28-29,34-35H,4-8,10-11,14,17-23,26H2,1-3H3,(H,47,58)(H,48,56)(H,46,49,51)(H,50,57,59)/t34-,35?/m1/s1. The number of hydrogen-bond acceptors (Lipinski definition) is 12. The fourth-order valence-electron chi connectivity index (χ4n) is 9.61. The van der Waals surface area contributed by atoms with Crippen LogP contribution in [0.15, 0.2) is 42.6 Å². The third-order valence-electron chi connectivity index (χ3n) is 13.0. The van der Waals surface area contributed by atoms with Gasteiger partial charge in [0.25, 0.3) is 11.8 Å². The molecule has 5 aliphatic rings. The van der Waals surface area contributed by atoms with E-state index in [4.69, 9.17) is 9.72 Å². The Labute approximate surface area is 361 Å². The van der Waals surface area contributed by atoms with Crippen molar-refractivity contribution in [3.05, 3.63) is 59.3 Å². The number of likely N-dealkylation sites (N-methyl/N-ethyl adjacent to an activating group) is 1. The zero-order valence-electron chi connectivity index (χ0n) is 35.7. The van der Waals surface area contributed by atoms with Crippen molar-refractivity contribution < 1.29 is 33.5 Å². The van der Waals surface area contributed by atoms with Crippen LogP contribution in [0.25, 0.3) is 0 Å². The molecule has 1 saturated carbocycles. The second-order valence-corrected chi connectivity index (χ2v) is 16.9. The monoisotopic (exact) mass is 848 g/mol. The number of rotatable bonds is 14. The van der Waals surface area contributed by atoms with E-state index in [-0.39, 0.29) is 67.0 Å². The van der Waals surface area contributed by atoms with Crippen LogP contribution in [-0.4, -0.2) is 113 Å². The van der Waals surface area contributed by atoms with E-state index in [1.54, 1.807) is 61.7 Å². The molecule has 4 N–H and O–H groups in total. The highest BCUT2D eigenvalue weighted by atomic mass is 16.5. The third kappa shape index (κ3) is 8.80. The molecule has 2 saturated heterocycles. The van der Waals surface area contributed by atoms with Crippen molar-refractivity contribution >= 4 is 64.3 Å². The topological polar surface area (TPSA) is 199 Å². The van der Waals surface area contributed by atoms with Gasteiger partial charge in [-0.25, -0.2) is 4.98 Å². The van der Waals surface area contributed by atoms with Crippen molar-refractivity contribution in [2.45, 2.75) is 115 Å². The number of piperidine rings is 2. The number of benzene rings is 2. The number of carbonyl (C=O) groups excluding carboxylic acids is 6. The predicted octanol–water partition coefficient (Wildman–Crippen LogP) is 4.50. The zero-order chi connectivity index (χ0) is 43.5. The molecule has 5 heterocycles. The van der Waals surface area contributed by atoms with E-state index in [0.29, 0.717) is 64.7 Å². The van der Waals surface area contributed by atoms with Gasteiger partial charge in [0.1, 0.15) is 23.5 Å². The Morgan fingerprint density at radius 3 is 2.50 bits per heavy atom. The molecule has 3 aromatic rings. The summed E-state index contributed by atoms with van der Waals surface area (Å²) in [6.45, 7) is 4.74. The Morgan fingerprint density at radius 1 is 0.968 bits per heavy atom. The zero-order valence-corrected chi connectivity index (χ0v) is 35.7. The van der Waals surface area contributed by atoms with Gasteiger partial charge in [0.15, 0.2) is 5.82 Å². The highest BCUT2D eigenvalue weighted by Crippen LogP contribution is 2.40. The van der Waals surface area contributed by atoms with Crippen molar-refractivity contribution in [3.8, 4) is 5.75 Å². The molecule has 1 aliphatic carbocycles. The van der Waals surface area contributed by atoms with E-state index in [1.165, 1.54) is 4.90 Å². The lowest BCUT2D eigenvalue weighted by atomic mass is 10.0. The summed E-state index contributed by atoms with van der Waals surface area (Å²) in [4.78, 5) is 94.1. The number of likely N-dealkylation sites (tertiary alicyclic amines) is 1. The summed E-state index contributed by atoms with van der Waals surface area (Å²) >= 11 is 0. The van der Waals surface area contributed by atoms with E-state index >= 15 is 0 Å². The van der Waals surface area contributed by atoms with E-state index in [2.05, 4.69) is 36.1 Å². The fraction of sp³-hybridized carbons (Fsp3) is 0.511. The fourth-order valence-corrected chi connectivity index (χ4v) is 9.61. The summed E-state index contributed by atoms with van der Waals surface area (Å²) in [6, 6.07) is 9.76. The largest absolute Gasteiger partial charge is 0.495 e. The molecule has 2 atom stereocenters. The normalized spacial score (nSPS) is 20.9. The predicted molar refractivity (Wildman–Crippen MR) is 232 cm³/mol. The average molecular weight is 849 g/mol. The maximum atomic E-state index is 13.4. The van der Waals surface area contributed by atoms with Crippen molar-refractivity contribution in [2.24, 2.45) is 0 Å². The van der Waals surface area contributed by atoms with Crippen LogP contribution >= 0.6 is 0 Å². The summed E-state index contributed by atoms with van der Waals surface area (Å²) in [5.41, 5.74) is 3.50. The molecule has 8 rings (SSSR count). The van der Waals surface area contributed by atoms with Crippen molar-refractivity contribution in [3.63, 3.8) is 0 Å². The summed E-state index contributed by atoms with van der Waals surface area (Å²) in [7, 11) is 3.34. The molecule has 3 fully saturated rings. The molecule has 6 amide bonds. The van der Waals surface area contributed by atoms with Crippen LogP contribution in [0.4, 0.5) is 28.8 Å². The number of carbonyl (C=O) groups is 6. The third-order valence-corrected chi connectivity index (χ3v) is 13.0. The molecule has 17 nitrogen and oxygen atoms in total. The first-order valence-electron chi connectivity index (χ1n) is 22.0. The van der Waals surface area contributed by atoms with Gasteiger partial charge in [0, 0.05) is 74.0 Å². The molecule has 62 heavy (non-hydrogen) atoms. The van der Waals surface area contributed by atoms with E-state index in [1.807, 2.05) is 6.92 Å². The number of amides is 6. The molecule has 0 radical (unpaired) electrons. The lowest BCUT2D eigenvalue weighted by molar-refractivity contribution is -0.137. The van der Waals surface area contributed by atoms with E-state index < -0.39 is 11.9 Å². The Balaban J connectivity index is 0.785. The maximum absolute atomic E-state index is 13.4. The minimum Gasteiger partial charge on any atom is -0.495 e. The number of unbranched alkanes of at least 4 members (excludes halogenated alkanes) is 1. The molecule has 1 unspecified atom stereocenters. The number of nitrogens with zero attached hydrogens (tertiary/aromatic N) is 6. The van der Waals surface area contributed by atoms with Crippen molar-refractivity contribution in [1.82, 2.24) is 30.4 Å². The molecule has 328 valence electrons. The van der Waals surface area contributed by atoms with Gasteiger partial charge >= 0.3 is 0 Å². The number of fused-ring (bicyclic) bond motifs is 2. The average Bonchev–Trinajstić information content (AvgIpc) is 3.93. The number of anilines is 5. The number of aromatic nitrogens is 2. The van der Waals surface area contributed by atoms with Crippen LogP contribution in [0.3, 0.4) is 0 Å². The number of nitrogens with one attached hydrogen (secondary N) is 4. The number of hydrogen-bond donors (Lipinski definition) is 4. The van der Waals surface area contributed by atoms with Crippen LogP contribution in [0.1, 0.15) is 110 Å². The maximum Gasteiger partial charge on any atom is 0.255 e. The molecular weight excluding hydrogens is 793 g/mol. The molecule has 0 bridgehead atoms. The summed E-state index contributed by atoms with van der Waals surface area (Å²) < 4.78 is 5.71. The molecule has 4 aliphatic heterocycles. The van der Waals surface area contributed by atoms with Crippen LogP contribution in [0.5, 0.6) is 5.75 Å². The summed E-state index contributed by atoms with van der Waals surface area (Å²) in [6.07, 6.45) is 10.7. The molecule has 17 heteroatoms. The first-order chi connectivity index (χ1) is 30.0. The molecular formula is C45H56N10O7. The van der Waals surface area contributed by atoms with Gasteiger partial charge in [-0.3, -0.25) is 34.1 Å². The SMILES string of the molecule is CC[C@@H]1C(=O)N(C)c2cnc(Nc3ccc(C(=O)NC4CCN(CCCCC(=O)Nc5cccc6c5CN(C5CCC(=O)NC5=O)C6=O)CC4)cc3OC)nc2N1C1CCCC1. The second-order valence-electron chi connectivity index (χ2n) is 16.9. The first kappa shape index (κ1) is 42.6. The van der Waals surface area contributed by atoms with Crippen LogP contribution < -0.4 is 35.8 Å². The van der Waals surface area contributed by atoms with Crippen LogP contribution in [0, 0.1) is 0 Å². The van der Waals surface area contributed by atoms with Crippen LogP contribution in [0.2, 0.25) is 0 Å². The second kappa shape index (κ2) is 18.5. The Kier molecular flexibility index (Phi) is 12.7. The van der Waals surface area contributed by atoms with E-state index in [0.717, 1.165) is 70.4 Å². The highest BCUT2D eigenvalue weighted by Gasteiger charge is 2.42. The van der Waals surface area contributed by atoms with Gasteiger partial charge in [-0.1, -0.05) is 25.8 Å². The van der Waals surface area contributed by atoms with Gasteiger partial charge in [-0.05, 0) is 88.2 Å². The lowest BCUT2D eigenvalue weighted by Gasteiger charge is -2.43. The van der Waals surface area contributed by atoms with Crippen LogP contribution in [-0.2, 0) is 25.7 Å². The molecule has 0 spiro atoms. The van der Waals surface area contributed by atoms with Crippen molar-refractivity contribution in [2.75, 3.05) is 54.2 Å². The Bertz CT molecular complexity index is 2240. The smallest absolute Gasteiger partial charge is 0.255 e. The summed E-state index contributed by atoms with van der Waals surface area (Å²) in [5.74, 6) is 0.278. The molecule has 1 aromatic heterocycles. The summed E-state index contributed by atoms with van der Waals surface area (Å²) in [5, 5.41) is 11.8. The first-order valence-corrected chi connectivity index (χ1v) is 22.0. The number of imide groups is 1.